The largest absolute Gasteiger partial charge is 0.459 e. The number of benzene rings is 1. The molecular weight excluding hydrogens is 300 g/mol. The summed E-state index contributed by atoms with van der Waals surface area (Å²) in [5.74, 6) is 1.92. The van der Waals surface area contributed by atoms with E-state index in [1.54, 1.807) is 6.33 Å². The van der Waals surface area contributed by atoms with Gasteiger partial charge in [-0.1, -0.05) is 11.6 Å². The van der Waals surface area contributed by atoms with Crippen molar-refractivity contribution in [3.05, 3.63) is 47.2 Å². The van der Waals surface area contributed by atoms with E-state index in [9.17, 15) is 0 Å². The predicted octanol–water partition coefficient (Wildman–Crippen LogP) is 3.86. The predicted molar refractivity (Wildman–Crippen MR) is 84.8 cm³/mol. The van der Waals surface area contributed by atoms with Gasteiger partial charge in [0.15, 0.2) is 0 Å². The van der Waals surface area contributed by atoms with Crippen molar-refractivity contribution in [1.82, 2.24) is 20.1 Å². The highest BCUT2D eigenvalue weighted by atomic mass is 35.5. The Kier molecular flexibility index (Phi) is 3.39. The second-order valence-corrected chi connectivity index (χ2v) is 6.19. The van der Waals surface area contributed by atoms with Gasteiger partial charge in [0, 0.05) is 17.0 Å². The fraction of sp³-hybridized carbons (Fsp3) is 0.375. The summed E-state index contributed by atoms with van der Waals surface area (Å²) in [7, 11) is 0. The van der Waals surface area contributed by atoms with E-state index in [0.29, 0.717) is 0 Å². The summed E-state index contributed by atoms with van der Waals surface area (Å²) in [5.41, 5.74) is 0.861. The van der Waals surface area contributed by atoms with Gasteiger partial charge < -0.3 is 4.42 Å². The van der Waals surface area contributed by atoms with Gasteiger partial charge in [0.2, 0.25) is 0 Å². The Morgan fingerprint density at radius 2 is 2.32 bits per heavy atom. The Hall–Kier alpha value is -1.85. The van der Waals surface area contributed by atoms with Crippen molar-refractivity contribution < 1.29 is 4.42 Å². The quantitative estimate of drug-likeness (QED) is 0.797. The highest BCUT2D eigenvalue weighted by molar-refractivity contribution is 6.31. The normalized spacial score (nSPS) is 19.3. The topological polar surface area (TPSA) is 55.9 Å². The zero-order valence-electron chi connectivity index (χ0n) is 12.3. The third kappa shape index (κ3) is 2.40. The zero-order chi connectivity index (χ0) is 15.1. The molecule has 0 bridgehead atoms. The molecule has 1 aromatic carbocycles. The second-order valence-electron chi connectivity index (χ2n) is 5.76. The lowest BCUT2D eigenvalue weighted by atomic mass is 10.1. The Labute approximate surface area is 133 Å². The molecule has 3 aromatic rings. The number of furan rings is 1. The molecule has 4 rings (SSSR count). The minimum atomic E-state index is 0.0967. The molecule has 0 saturated carbocycles. The van der Waals surface area contributed by atoms with E-state index in [1.807, 2.05) is 28.9 Å². The number of aryl methyl sites for hydroxylation is 1. The fourth-order valence-corrected chi connectivity index (χ4v) is 3.26. The van der Waals surface area contributed by atoms with E-state index >= 15 is 0 Å². The van der Waals surface area contributed by atoms with Gasteiger partial charge in [-0.3, -0.25) is 5.32 Å². The smallest absolute Gasteiger partial charge is 0.143 e. The van der Waals surface area contributed by atoms with Crippen LogP contribution in [0.3, 0.4) is 0 Å². The van der Waals surface area contributed by atoms with Gasteiger partial charge in [0.25, 0.3) is 0 Å². The van der Waals surface area contributed by atoms with Crippen LogP contribution in [0.15, 0.2) is 35.0 Å². The number of rotatable bonds is 3. The van der Waals surface area contributed by atoms with E-state index in [-0.39, 0.29) is 12.1 Å². The molecule has 0 amide bonds. The summed E-state index contributed by atoms with van der Waals surface area (Å²) >= 11 is 6.03. The van der Waals surface area contributed by atoms with Gasteiger partial charge in [-0.15, -0.1) is 0 Å². The molecule has 2 aromatic heterocycles. The molecule has 2 atom stereocenters. The van der Waals surface area contributed by atoms with Crippen molar-refractivity contribution in [3.8, 4) is 0 Å². The van der Waals surface area contributed by atoms with Crippen molar-refractivity contribution in [2.24, 2.45) is 0 Å². The molecule has 0 fully saturated rings. The molecule has 114 valence electrons. The minimum Gasteiger partial charge on any atom is -0.459 e. The van der Waals surface area contributed by atoms with Crippen LogP contribution in [0.4, 0.5) is 0 Å². The molecule has 6 heteroatoms. The van der Waals surface area contributed by atoms with Gasteiger partial charge >= 0.3 is 0 Å². The van der Waals surface area contributed by atoms with Crippen LogP contribution in [0, 0.1) is 0 Å². The summed E-state index contributed by atoms with van der Waals surface area (Å²) < 4.78 is 7.91. The van der Waals surface area contributed by atoms with E-state index < -0.39 is 0 Å². The average Bonchev–Trinajstić information content (AvgIpc) is 3.13. The maximum Gasteiger partial charge on any atom is 0.143 e. The van der Waals surface area contributed by atoms with Crippen LogP contribution in [0.1, 0.15) is 43.4 Å². The summed E-state index contributed by atoms with van der Waals surface area (Å²) in [4.78, 5) is 4.38. The molecule has 1 aliphatic heterocycles. The van der Waals surface area contributed by atoms with E-state index in [2.05, 4.69) is 22.3 Å². The first-order valence-electron chi connectivity index (χ1n) is 7.53. The monoisotopic (exact) mass is 316 g/mol. The molecule has 1 aliphatic rings. The highest BCUT2D eigenvalue weighted by Crippen LogP contribution is 2.29. The van der Waals surface area contributed by atoms with Crippen LogP contribution >= 0.6 is 11.6 Å². The van der Waals surface area contributed by atoms with Crippen LogP contribution in [0.5, 0.6) is 0 Å². The van der Waals surface area contributed by atoms with Gasteiger partial charge in [0.1, 0.15) is 23.5 Å². The number of aromatic nitrogens is 3. The Morgan fingerprint density at radius 1 is 1.41 bits per heavy atom. The van der Waals surface area contributed by atoms with E-state index in [0.717, 1.165) is 47.0 Å². The number of hydrogen-bond donors (Lipinski definition) is 1. The van der Waals surface area contributed by atoms with Crippen LogP contribution in [0.2, 0.25) is 5.02 Å². The maximum atomic E-state index is 6.03. The van der Waals surface area contributed by atoms with Crippen molar-refractivity contribution in [2.45, 2.75) is 38.4 Å². The lowest BCUT2D eigenvalue weighted by Crippen LogP contribution is -2.30. The molecule has 0 radical (unpaired) electrons. The first-order chi connectivity index (χ1) is 10.7. The van der Waals surface area contributed by atoms with Gasteiger partial charge in [-0.2, -0.15) is 5.10 Å². The van der Waals surface area contributed by atoms with E-state index in [4.69, 9.17) is 16.0 Å². The first kappa shape index (κ1) is 13.8. The molecule has 0 saturated heterocycles. The van der Waals surface area contributed by atoms with Crippen LogP contribution in [-0.4, -0.2) is 14.8 Å². The molecule has 3 heterocycles. The third-order valence-electron chi connectivity index (χ3n) is 4.20. The van der Waals surface area contributed by atoms with Crippen molar-refractivity contribution >= 4 is 22.6 Å². The van der Waals surface area contributed by atoms with Gasteiger partial charge in [-0.25, -0.2) is 9.67 Å². The lowest BCUT2D eigenvalue weighted by Gasteiger charge is -2.25. The number of hydrogen-bond acceptors (Lipinski definition) is 4. The second kappa shape index (κ2) is 5.41. The minimum absolute atomic E-state index is 0.0967. The standard InChI is InChI=1S/C16H17ClN4O/c1-10(15-8-11-7-12(17)4-5-14(11)22-15)20-13-3-2-6-21-16(13)18-9-19-21/h4-5,7-10,13,20H,2-3,6H2,1H3/t10-,13-/m1/s1. The third-order valence-corrected chi connectivity index (χ3v) is 4.43. The fourth-order valence-electron chi connectivity index (χ4n) is 3.08. The van der Waals surface area contributed by atoms with Crippen molar-refractivity contribution in [1.29, 1.82) is 0 Å². The van der Waals surface area contributed by atoms with Crippen LogP contribution in [-0.2, 0) is 6.54 Å². The molecule has 0 aliphatic carbocycles. The van der Waals surface area contributed by atoms with Gasteiger partial charge in [0.05, 0.1) is 12.1 Å². The maximum absolute atomic E-state index is 6.03. The number of nitrogens with zero attached hydrogens (tertiary/aromatic N) is 3. The van der Waals surface area contributed by atoms with Crippen molar-refractivity contribution in [2.75, 3.05) is 0 Å². The number of halogens is 1. The van der Waals surface area contributed by atoms with Gasteiger partial charge in [-0.05, 0) is 44.0 Å². The Balaban J connectivity index is 1.58. The molecule has 0 spiro atoms. The number of fused-ring (bicyclic) bond motifs is 2. The van der Waals surface area contributed by atoms with Crippen LogP contribution in [0.25, 0.3) is 11.0 Å². The first-order valence-corrected chi connectivity index (χ1v) is 7.91. The molecular formula is C16H17ClN4O. The SMILES string of the molecule is C[C@@H](N[C@@H]1CCCn2ncnc21)c1cc2cc(Cl)ccc2o1. The van der Waals surface area contributed by atoms with Crippen LogP contribution < -0.4 is 5.32 Å². The molecule has 0 unspecified atom stereocenters. The highest BCUT2D eigenvalue weighted by Gasteiger charge is 2.25. The molecule has 22 heavy (non-hydrogen) atoms. The zero-order valence-corrected chi connectivity index (χ0v) is 13.0. The number of nitrogens with one attached hydrogen (secondary N) is 1. The average molecular weight is 317 g/mol. The summed E-state index contributed by atoms with van der Waals surface area (Å²) in [6.45, 7) is 3.06. The Morgan fingerprint density at radius 3 is 3.23 bits per heavy atom. The summed E-state index contributed by atoms with van der Waals surface area (Å²) in [6, 6.07) is 8.03. The lowest BCUT2D eigenvalue weighted by molar-refractivity contribution is 0.326. The summed E-state index contributed by atoms with van der Waals surface area (Å²) in [6.07, 6.45) is 3.80. The molecule has 5 nitrogen and oxygen atoms in total. The summed E-state index contributed by atoms with van der Waals surface area (Å²) in [5, 5.41) is 9.62. The van der Waals surface area contributed by atoms with Crippen molar-refractivity contribution in [3.63, 3.8) is 0 Å². The Bertz CT molecular complexity index is 809. The molecule has 1 N–H and O–H groups in total. The van der Waals surface area contributed by atoms with E-state index in [1.165, 1.54) is 0 Å².